The molecule has 2 bridgehead atoms. The number of nitrogens with zero attached hydrogens (tertiary/aromatic N) is 4. The normalized spacial score (nSPS) is 26.8. The lowest BCUT2D eigenvalue weighted by atomic mass is 9.99. The maximum atomic E-state index is 13.7. The summed E-state index contributed by atoms with van der Waals surface area (Å²) in [6.45, 7) is 1.70. The number of hydrogen-bond donors (Lipinski definition) is 2. The number of aromatic nitrogens is 1. The fourth-order valence-electron chi connectivity index (χ4n) is 6.23. The van der Waals surface area contributed by atoms with E-state index in [0.29, 0.717) is 49.7 Å². The molecule has 4 heterocycles. The summed E-state index contributed by atoms with van der Waals surface area (Å²) in [7, 11) is -3.55. The first kappa shape index (κ1) is 25.5. The van der Waals surface area contributed by atoms with Gasteiger partial charge in [0.25, 0.3) is 16.1 Å². The summed E-state index contributed by atoms with van der Waals surface area (Å²) < 4.78 is 36.0. The number of amides is 1. The Morgan fingerprint density at radius 2 is 1.71 bits per heavy atom. The summed E-state index contributed by atoms with van der Waals surface area (Å²) in [5.41, 5.74) is 2.06. The Kier molecular flexibility index (Phi) is 6.99. The van der Waals surface area contributed by atoms with E-state index < -0.39 is 10.2 Å². The highest BCUT2D eigenvalue weighted by atomic mass is 32.2. The summed E-state index contributed by atoms with van der Waals surface area (Å²) in [5, 5.41) is 19.5. The van der Waals surface area contributed by atoms with E-state index >= 15 is 0 Å². The van der Waals surface area contributed by atoms with Crippen LogP contribution in [0.4, 0.5) is 0 Å². The van der Waals surface area contributed by atoms with Gasteiger partial charge in [0, 0.05) is 55.8 Å². The van der Waals surface area contributed by atoms with Gasteiger partial charge in [-0.3, -0.25) is 4.79 Å². The van der Waals surface area contributed by atoms with Crippen LogP contribution in [-0.4, -0.2) is 65.3 Å². The number of carbonyl (C=O) groups excluding carboxylic acids is 1. The number of benzene rings is 1. The molecule has 3 saturated heterocycles. The first-order valence-electron chi connectivity index (χ1n) is 13.7. The van der Waals surface area contributed by atoms with Crippen molar-refractivity contribution < 1.29 is 17.7 Å². The molecule has 0 unspecified atom stereocenters. The average Bonchev–Trinajstić information content (AvgIpc) is 3.58. The molecule has 38 heavy (non-hydrogen) atoms. The summed E-state index contributed by atoms with van der Waals surface area (Å²) in [6.07, 6.45) is 6.59. The monoisotopic (exact) mass is 538 g/mol. The van der Waals surface area contributed by atoms with Crippen LogP contribution in [0.2, 0.25) is 0 Å². The fourth-order valence-corrected chi connectivity index (χ4v) is 8.30. The lowest BCUT2D eigenvalue weighted by Crippen LogP contribution is -2.57. The zero-order valence-electron chi connectivity index (χ0n) is 21.4. The minimum absolute atomic E-state index is 0.0651. The number of hydrogen-bond acceptors (Lipinski definition) is 7. The van der Waals surface area contributed by atoms with Gasteiger partial charge in [-0.15, -0.1) is 0 Å². The van der Waals surface area contributed by atoms with Gasteiger partial charge in [-0.1, -0.05) is 17.3 Å². The highest BCUT2D eigenvalue weighted by molar-refractivity contribution is 7.86. The maximum Gasteiger partial charge on any atom is 0.282 e. The highest BCUT2D eigenvalue weighted by Gasteiger charge is 2.49. The smallest absolute Gasteiger partial charge is 0.282 e. The largest absolute Gasteiger partial charge is 0.360 e. The third kappa shape index (κ3) is 5.23. The van der Waals surface area contributed by atoms with Crippen molar-refractivity contribution in [3.8, 4) is 6.07 Å². The van der Waals surface area contributed by atoms with Crippen molar-refractivity contribution in [3.63, 3.8) is 0 Å². The van der Waals surface area contributed by atoms with Crippen LogP contribution in [0.3, 0.4) is 0 Å². The molecule has 1 aliphatic carbocycles. The predicted molar refractivity (Wildman–Crippen MR) is 139 cm³/mol. The Morgan fingerprint density at radius 1 is 1.03 bits per heavy atom. The van der Waals surface area contributed by atoms with Crippen LogP contribution in [0.25, 0.3) is 0 Å². The van der Waals surface area contributed by atoms with E-state index in [9.17, 15) is 13.2 Å². The van der Waals surface area contributed by atoms with Crippen molar-refractivity contribution in [1.82, 2.24) is 24.4 Å². The Labute approximate surface area is 223 Å². The first-order chi connectivity index (χ1) is 18.4. The van der Waals surface area contributed by atoms with Gasteiger partial charge in [0.1, 0.15) is 5.76 Å². The minimum atomic E-state index is -3.55. The Morgan fingerprint density at radius 3 is 2.34 bits per heavy atom. The Bertz CT molecular complexity index is 1290. The standard InChI is InChI=1S/C27H34N6O4S/c28-16-18-1-3-19(4-2-18)17-29-21-9-11-32(12-10-21)38(35,36)33-23-7-8-24(33)14-22(13-23)30-27(34)25-15-26(37-31-25)20-5-6-20/h1-4,15,20-24,29H,5-14,17H2,(H,30,34)/t22-,23+,24-. The SMILES string of the molecule is N#Cc1ccc(CNC2CCN(S(=O)(=O)N3[C@@H]4CC[C@H]3C[C@@H](NC(=O)c3cc(C5CC5)on3)C4)CC2)cc1. The molecule has 4 fully saturated rings. The highest BCUT2D eigenvalue weighted by Crippen LogP contribution is 2.41. The zero-order valence-corrected chi connectivity index (χ0v) is 22.2. The topological polar surface area (TPSA) is 132 Å². The molecule has 6 rings (SSSR count). The molecule has 4 aliphatic rings. The van der Waals surface area contributed by atoms with E-state index in [2.05, 4.69) is 21.9 Å². The number of nitriles is 1. The van der Waals surface area contributed by atoms with Gasteiger partial charge in [0.05, 0.1) is 11.6 Å². The van der Waals surface area contributed by atoms with Crippen LogP contribution >= 0.6 is 0 Å². The van der Waals surface area contributed by atoms with E-state index in [1.807, 2.05) is 24.3 Å². The molecule has 0 spiro atoms. The maximum absolute atomic E-state index is 13.7. The number of carbonyl (C=O) groups is 1. The number of nitrogens with one attached hydrogen (secondary N) is 2. The summed E-state index contributed by atoms with van der Waals surface area (Å²) >= 11 is 0. The number of rotatable bonds is 8. The molecule has 3 atom stereocenters. The van der Waals surface area contributed by atoms with Crippen molar-refractivity contribution in [1.29, 1.82) is 5.26 Å². The molecular formula is C27H34N6O4S. The first-order valence-corrected chi connectivity index (χ1v) is 15.1. The predicted octanol–water partition coefficient (Wildman–Crippen LogP) is 2.65. The third-order valence-electron chi connectivity index (χ3n) is 8.47. The number of piperidine rings is 2. The molecule has 11 heteroatoms. The average molecular weight is 539 g/mol. The van der Waals surface area contributed by atoms with Crippen molar-refractivity contribution in [2.75, 3.05) is 13.1 Å². The lowest BCUT2D eigenvalue weighted by molar-refractivity contribution is 0.0897. The van der Waals surface area contributed by atoms with Crippen LogP contribution in [0.5, 0.6) is 0 Å². The fraction of sp³-hybridized carbons (Fsp3) is 0.593. The second kappa shape index (κ2) is 10.4. The van der Waals surface area contributed by atoms with Gasteiger partial charge in [0.2, 0.25) is 0 Å². The van der Waals surface area contributed by atoms with Crippen LogP contribution in [0, 0.1) is 11.3 Å². The van der Waals surface area contributed by atoms with Crippen LogP contribution in [-0.2, 0) is 16.8 Å². The molecule has 202 valence electrons. The Balaban J connectivity index is 1.01. The van der Waals surface area contributed by atoms with Gasteiger partial charge in [-0.25, -0.2) is 0 Å². The van der Waals surface area contributed by atoms with Crippen LogP contribution in [0.1, 0.15) is 84.7 Å². The lowest BCUT2D eigenvalue weighted by Gasteiger charge is -2.42. The second-order valence-electron chi connectivity index (χ2n) is 11.1. The molecule has 2 aromatic rings. The van der Waals surface area contributed by atoms with Crippen molar-refractivity contribution in [2.45, 2.75) is 88.0 Å². The molecular weight excluding hydrogens is 504 g/mol. The third-order valence-corrected chi connectivity index (χ3v) is 10.6. The van der Waals surface area contributed by atoms with Crippen molar-refractivity contribution in [2.24, 2.45) is 0 Å². The van der Waals surface area contributed by atoms with Gasteiger partial charge < -0.3 is 15.2 Å². The van der Waals surface area contributed by atoms with E-state index in [1.165, 1.54) is 0 Å². The van der Waals surface area contributed by atoms with E-state index in [4.69, 9.17) is 9.78 Å². The van der Waals surface area contributed by atoms with Crippen LogP contribution in [0.15, 0.2) is 34.9 Å². The van der Waals surface area contributed by atoms with Gasteiger partial charge in [0.15, 0.2) is 5.69 Å². The zero-order chi connectivity index (χ0) is 26.3. The van der Waals surface area contributed by atoms with Gasteiger partial charge in [-0.05, 0) is 69.1 Å². The van der Waals surface area contributed by atoms with Crippen LogP contribution < -0.4 is 10.6 Å². The summed E-state index contributed by atoms with van der Waals surface area (Å²) in [5.74, 6) is 0.943. The summed E-state index contributed by atoms with van der Waals surface area (Å²) in [4.78, 5) is 12.7. The molecule has 3 aliphatic heterocycles. The molecule has 10 nitrogen and oxygen atoms in total. The minimum Gasteiger partial charge on any atom is -0.360 e. The van der Waals surface area contributed by atoms with E-state index in [1.54, 1.807) is 14.7 Å². The summed E-state index contributed by atoms with van der Waals surface area (Å²) in [6, 6.07) is 11.4. The molecule has 1 amide bonds. The van der Waals surface area contributed by atoms with E-state index in [0.717, 1.165) is 49.8 Å². The van der Waals surface area contributed by atoms with Gasteiger partial charge >= 0.3 is 0 Å². The number of fused-ring (bicyclic) bond motifs is 2. The molecule has 1 saturated carbocycles. The van der Waals surface area contributed by atoms with E-state index in [-0.39, 0.29) is 30.1 Å². The van der Waals surface area contributed by atoms with Crippen molar-refractivity contribution >= 4 is 16.1 Å². The Hall–Kier alpha value is -2.78. The molecule has 1 aromatic carbocycles. The van der Waals surface area contributed by atoms with Crippen molar-refractivity contribution in [3.05, 3.63) is 52.9 Å². The molecule has 0 radical (unpaired) electrons. The second-order valence-corrected chi connectivity index (χ2v) is 12.9. The van der Waals surface area contributed by atoms with Gasteiger partial charge in [-0.2, -0.15) is 22.3 Å². The molecule has 2 N–H and O–H groups in total. The quantitative estimate of drug-likeness (QED) is 0.528. The molecule has 1 aromatic heterocycles.